The zero-order valence-electron chi connectivity index (χ0n) is 8.88. The van der Waals surface area contributed by atoms with Crippen LogP contribution in [0.25, 0.3) is 0 Å². The van der Waals surface area contributed by atoms with Crippen molar-refractivity contribution in [3.63, 3.8) is 0 Å². The van der Waals surface area contributed by atoms with Crippen LogP contribution in [-0.4, -0.2) is 22.2 Å². The van der Waals surface area contributed by atoms with Crippen molar-refractivity contribution in [1.29, 1.82) is 0 Å². The predicted octanol–water partition coefficient (Wildman–Crippen LogP) is 1.95. The quantitative estimate of drug-likeness (QED) is 0.869. The van der Waals surface area contributed by atoms with Gasteiger partial charge in [-0.15, -0.1) is 0 Å². The third-order valence-electron chi connectivity index (χ3n) is 2.04. The summed E-state index contributed by atoms with van der Waals surface area (Å²) >= 11 is 0. The average molecular weight is 235 g/mol. The summed E-state index contributed by atoms with van der Waals surface area (Å²) in [6.07, 6.45) is -4.86. The van der Waals surface area contributed by atoms with Crippen LogP contribution in [0.5, 0.6) is 5.88 Å². The number of alkyl halides is 3. The number of rotatable bonds is 3. The Kier molecular flexibility index (Phi) is 3.56. The topological polar surface area (TPSA) is 61.0 Å². The van der Waals surface area contributed by atoms with Gasteiger partial charge in [-0.05, 0) is 13.3 Å². The molecule has 16 heavy (non-hydrogen) atoms. The number of hydrogen-bond acceptors (Lipinski definition) is 4. The van der Waals surface area contributed by atoms with Crippen LogP contribution >= 0.6 is 0 Å². The van der Waals surface area contributed by atoms with Crippen molar-refractivity contribution in [3.05, 3.63) is 11.9 Å². The van der Waals surface area contributed by atoms with Crippen LogP contribution in [0.15, 0.2) is 6.33 Å². The van der Waals surface area contributed by atoms with Crippen LogP contribution in [0.3, 0.4) is 0 Å². The molecule has 4 nitrogen and oxygen atoms in total. The largest absolute Gasteiger partial charge is 0.465 e. The minimum Gasteiger partial charge on any atom is -0.465 e. The van der Waals surface area contributed by atoms with Gasteiger partial charge in [0.05, 0.1) is 5.56 Å². The van der Waals surface area contributed by atoms with Gasteiger partial charge < -0.3 is 10.5 Å². The van der Waals surface area contributed by atoms with Crippen LogP contribution in [-0.2, 0) is 6.42 Å². The smallest absolute Gasteiger partial charge is 0.425 e. The van der Waals surface area contributed by atoms with E-state index in [4.69, 9.17) is 10.5 Å². The van der Waals surface area contributed by atoms with Gasteiger partial charge in [0, 0.05) is 0 Å². The molecule has 0 spiro atoms. The first kappa shape index (κ1) is 12.5. The fourth-order valence-corrected chi connectivity index (χ4v) is 1.08. The normalized spacial score (nSPS) is 13.6. The standard InChI is InChI=1S/C9H12F3N3O/c1-3-6-7(13)14-4-15-8(6)16-5(2)9(10,11)12/h4-5H,3H2,1-2H3,(H2,13,14,15). The van der Waals surface area contributed by atoms with E-state index in [1.807, 2.05) is 0 Å². The summed E-state index contributed by atoms with van der Waals surface area (Å²) in [5.74, 6) is 0.0294. The molecule has 0 saturated heterocycles. The average Bonchev–Trinajstić information content (AvgIpc) is 2.16. The maximum Gasteiger partial charge on any atom is 0.425 e. The number of ether oxygens (including phenoxy) is 1. The van der Waals surface area contributed by atoms with Gasteiger partial charge in [-0.25, -0.2) is 9.97 Å². The van der Waals surface area contributed by atoms with Crippen LogP contribution in [0.2, 0.25) is 0 Å². The van der Waals surface area contributed by atoms with Gasteiger partial charge in [0.1, 0.15) is 12.1 Å². The molecule has 1 unspecified atom stereocenters. The van der Waals surface area contributed by atoms with Crippen LogP contribution in [0.1, 0.15) is 19.4 Å². The molecule has 7 heteroatoms. The Labute approximate surface area is 90.6 Å². The molecule has 0 aliphatic rings. The van der Waals surface area contributed by atoms with Gasteiger partial charge in [-0.2, -0.15) is 13.2 Å². The monoisotopic (exact) mass is 235 g/mol. The number of anilines is 1. The molecule has 2 N–H and O–H groups in total. The first-order valence-corrected chi connectivity index (χ1v) is 4.69. The summed E-state index contributed by atoms with van der Waals surface area (Å²) in [7, 11) is 0. The lowest BCUT2D eigenvalue weighted by Gasteiger charge is -2.18. The summed E-state index contributed by atoms with van der Waals surface area (Å²) in [5, 5.41) is 0. The number of halogens is 3. The Morgan fingerprint density at radius 3 is 2.56 bits per heavy atom. The Hall–Kier alpha value is -1.53. The Morgan fingerprint density at radius 1 is 1.44 bits per heavy atom. The van der Waals surface area contributed by atoms with E-state index in [0.29, 0.717) is 12.0 Å². The minimum atomic E-state index is -4.43. The second kappa shape index (κ2) is 4.54. The zero-order valence-corrected chi connectivity index (χ0v) is 8.88. The van der Waals surface area contributed by atoms with E-state index in [0.717, 1.165) is 13.3 Å². The van der Waals surface area contributed by atoms with Crippen molar-refractivity contribution in [2.24, 2.45) is 0 Å². The highest BCUT2D eigenvalue weighted by atomic mass is 19.4. The second-order valence-electron chi connectivity index (χ2n) is 3.20. The van der Waals surface area contributed by atoms with Gasteiger partial charge in [0.15, 0.2) is 6.10 Å². The summed E-state index contributed by atoms with van der Waals surface area (Å²) in [4.78, 5) is 7.34. The highest BCUT2D eigenvalue weighted by Gasteiger charge is 2.38. The van der Waals surface area contributed by atoms with E-state index in [1.165, 1.54) is 0 Å². The molecule has 0 amide bonds. The van der Waals surface area contributed by atoms with Gasteiger partial charge in [0.25, 0.3) is 0 Å². The molecule has 1 atom stereocenters. The lowest BCUT2D eigenvalue weighted by molar-refractivity contribution is -0.190. The maximum atomic E-state index is 12.3. The number of hydrogen-bond donors (Lipinski definition) is 1. The molecule has 90 valence electrons. The Balaban J connectivity index is 2.93. The zero-order chi connectivity index (χ0) is 12.3. The van der Waals surface area contributed by atoms with Crippen molar-refractivity contribution in [2.75, 3.05) is 5.73 Å². The van der Waals surface area contributed by atoms with E-state index in [1.54, 1.807) is 6.92 Å². The molecular weight excluding hydrogens is 223 g/mol. The SMILES string of the molecule is CCc1c(N)ncnc1OC(C)C(F)(F)F. The maximum absolute atomic E-state index is 12.3. The van der Waals surface area contributed by atoms with E-state index >= 15 is 0 Å². The summed E-state index contributed by atoms with van der Waals surface area (Å²) in [6.45, 7) is 2.65. The van der Waals surface area contributed by atoms with Gasteiger partial charge >= 0.3 is 6.18 Å². The van der Waals surface area contributed by atoms with Gasteiger partial charge in [-0.3, -0.25) is 0 Å². The number of aromatic nitrogens is 2. The molecule has 0 saturated carbocycles. The van der Waals surface area contributed by atoms with Crippen LogP contribution in [0, 0.1) is 0 Å². The molecule has 1 rings (SSSR count). The van der Waals surface area contributed by atoms with E-state index < -0.39 is 12.3 Å². The molecule has 0 fully saturated rings. The molecule has 1 aromatic rings. The number of nitrogens with two attached hydrogens (primary N) is 1. The molecule has 0 bridgehead atoms. The fourth-order valence-electron chi connectivity index (χ4n) is 1.08. The van der Waals surface area contributed by atoms with E-state index in [-0.39, 0.29) is 11.7 Å². The molecule has 1 aromatic heterocycles. The summed E-state index contributed by atoms with van der Waals surface area (Å²) in [6, 6.07) is 0. The van der Waals surface area contributed by atoms with Gasteiger partial charge in [0.2, 0.25) is 5.88 Å². The van der Waals surface area contributed by atoms with Crippen LogP contribution < -0.4 is 10.5 Å². The number of nitrogens with zero attached hydrogens (tertiary/aromatic N) is 2. The van der Waals surface area contributed by atoms with Crippen LogP contribution in [0.4, 0.5) is 19.0 Å². The molecule has 0 aliphatic carbocycles. The Bertz CT molecular complexity index is 368. The van der Waals surface area contributed by atoms with Crippen molar-refractivity contribution in [2.45, 2.75) is 32.5 Å². The minimum absolute atomic E-state index is 0.111. The number of nitrogen functional groups attached to an aromatic ring is 1. The first-order valence-electron chi connectivity index (χ1n) is 4.69. The summed E-state index contributed by atoms with van der Waals surface area (Å²) in [5.41, 5.74) is 5.89. The molecule has 1 heterocycles. The molecule has 0 aromatic carbocycles. The van der Waals surface area contributed by atoms with Crippen molar-refractivity contribution >= 4 is 5.82 Å². The summed E-state index contributed by atoms with van der Waals surface area (Å²) < 4.78 is 41.5. The van der Waals surface area contributed by atoms with Gasteiger partial charge in [-0.1, -0.05) is 6.92 Å². The highest BCUT2D eigenvalue weighted by molar-refractivity contribution is 5.44. The Morgan fingerprint density at radius 2 is 2.06 bits per heavy atom. The molecule has 0 radical (unpaired) electrons. The fraction of sp³-hybridized carbons (Fsp3) is 0.556. The lowest BCUT2D eigenvalue weighted by atomic mass is 10.2. The first-order chi connectivity index (χ1) is 7.36. The predicted molar refractivity (Wildman–Crippen MR) is 52.0 cm³/mol. The highest BCUT2D eigenvalue weighted by Crippen LogP contribution is 2.27. The van der Waals surface area contributed by atoms with Crippen molar-refractivity contribution in [3.8, 4) is 5.88 Å². The van der Waals surface area contributed by atoms with Crippen molar-refractivity contribution in [1.82, 2.24) is 9.97 Å². The van der Waals surface area contributed by atoms with E-state index in [2.05, 4.69) is 9.97 Å². The van der Waals surface area contributed by atoms with Crippen molar-refractivity contribution < 1.29 is 17.9 Å². The lowest BCUT2D eigenvalue weighted by Crippen LogP contribution is -2.31. The third kappa shape index (κ3) is 2.74. The third-order valence-corrected chi connectivity index (χ3v) is 2.04. The molecular formula is C9H12F3N3O. The van der Waals surface area contributed by atoms with E-state index in [9.17, 15) is 13.2 Å². The second-order valence-corrected chi connectivity index (χ2v) is 3.20. The molecule has 0 aliphatic heterocycles.